The number of benzene rings is 1. The molecule has 1 aromatic carbocycles. The average Bonchev–Trinajstić information content (AvgIpc) is 2.47. The lowest BCUT2D eigenvalue weighted by molar-refractivity contribution is -0.384. The van der Waals surface area contributed by atoms with Gasteiger partial charge in [0.1, 0.15) is 0 Å². The molecule has 2 N–H and O–H groups in total. The van der Waals surface area contributed by atoms with Crippen molar-refractivity contribution in [1.29, 1.82) is 0 Å². The van der Waals surface area contributed by atoms with Crippen molar-refractivity contribution in [2.24, 2.45) is 0 Å². The Morgan fingerprint density at radius 3 is 2.52 bits per heavy atom. The topological polar surface area (TPSA) is 93.5 Å². The molecule has 2 atom stereocenters. The fourth-order valence-electron chi connectivity index (χ4n) is 1.52. The zero-order valence-corrected chi connectivity index (χ0v) is 15.7. The molecule has 0 aromatic heterocycles. The van der Waals surface area contributed by atoms with E-state index in [1.165, 1.54) is 35.6 Å². The quantitative estimate of drug-likeness (QED) is 0.295. The Morgan fingerprint density at radius 1 is 1.43 bits per heavy atom. The van der Waals surface area contributed by atoms with Gasteiger partial charge in [-0.3, -0.25) is 19.8 Å². The first kappa shape index (κ1) is 19.9. The number of hydrogen-bond acceptors (Lipinski definition) is 6. The number of non-ortho nitro benzene ring substituents is 1. The summed E-state index contributed by atoms with van der Waals surface area (Å²) in [6, 6.07) is 5.78. The third-order valence-corrected chi connectivity index (χ3v) is 7.69. The first-order valence-corrected chi connectivity index (χ1v) is 10.6. The molecule has 7 nitrogen and oxygen atoms in total. The van der Waals surface area contributed by atoms with Crippen molar-refractivity contribution >= 4 is 46.8 Å². The van der Waals surface area contributed by atoms with Crippen LogP contribution in [0.3, 0.4) is 0 Å². The van der Waals surface area contributed by atoms with Gasteiger partial charge in [-0.15, -0.1) is 0 Å². The first-order chi connectivity index (χ1) is 10.8. The number of anilines is 1. The molecule has 1 aromatic rings. The van der Waals surface area contributed by atoms with Crippen molar-refractivity contribution in [2.75, 3.05) is 11.9 Å². The lowest BCUT2D eigenvalue weighted by Gasteiger charge is -2.22. The number of nitrogens with zero attached hydrogens (tertiary/aromatic N) is 1. The third-order valence-electron chi connectivity index (χ3n) is 2.77. The van der Waals surface area contributed by atoms with Crippen molar-refractivity contribution in [2.45, 2.75) is 32.4 Å². The van der Waals surface area contributed by atoms with Gasteiger partial charge in [-0.1, -0.05) is 13.8 Å². The Labute approximate surface area is 145 Å². The SMILES string of the molecule is CCOP(=O)(NC(=S)Nc1ccc([N+](=O)[O-])cc1)SC(C)CC. The van der Waals surface area contributed by atoms with E-state index in [9.17, 15) is 14.7 Å². The van der Waals surface area contributed by atoms with E-state index >= 15 is 0 Å². The molecule has 0 aliphatic heterocycles. The zero-order chi connectivity index (χ0) is 17.5. The minimum Gasteiger partial charge on any atom is -0.332 e. The molecule has 0 saturated carbocycles. The summed E-state index contributed by atoms with van der Waals surface area (Å²) in [6.07, 6.45) is 0.853. The number of nitro groups is 1. The number of thiocarbonyl (C=S) groups is 1. The highest BCUT2D eigenvalue weighted by atomic mass is 32.7. The van der Waals surface area contributed by atoms with Crippen LogP contribution in [0.2, 0.25) is 0 Å². The van der Waals surface area contributed by atoms with Crippen LogP contribution in [0.15, 0.2) is 24.3 Å². The highest BCUT2D eigenvalue weighted by Gasteiger charge is 2.27. The molecule has 1 rings (SSSR count). The molecule has 0 saturated heterocycles. The fraction of sp³-hybridized carbons (Fsp3) is 0.462. The Kier molecular flexibility index (Phi) is 7.98. The van der Waals surface area contributed by atoms with Gasteiger partial charge in [0, 0.05) is 23.1 Å². The van der Waals surface area contributed by atoms with Crippen molar-refractivity contribution in [3.8, 4) is 0 Å². The lowest BCUT2D eigenvalue weighted by Crippen LogP contribution is -2.26. The number of nitrogens with one attached hydrogen (secondary N) is 2. The van der Waals surface area contributed by atoms with Gasteiger partial charge in [0.05, 0.1) is 11.5 Å². The molecule has 0 radical (unpaired) electrons. The summed E-state index contributed by atoms with van der Waals surface area (Å²) in [5, 5.41) is 16.5. The molecule has 10 heteroatoms. The Morgan fingerprint density at radius 2 is 2.04 bits per heavy atom. The van der Waals surface area contributed by atoms with E-state index in [1.807, 2.05) is 13.8 Å². The second-order valence-corrected chi connectivity index (χ2v) is 9.58. The summed E-state index contributed by atoms with van der Waals surface area (Å²) in [7, 11) is 0. The normalized spacial score (nSPS) is 14.6. The first-order valence-electron chi connectivity index (χ1n) is 7.06. The fourth-order valence-corrected chi connectivity index (χ4v) is 6.42. The minimum absolute atomic E-state index is 0.0123. The van der Waals surface area contributed by atoms with Crippen LogP contribution in [0.5, 0.6) is 0 Å². The molecule has 128 valence electrons. The summed E-state index contributed by atoms with van der Waals surface area (Å²) in [5.74, 6) is 0. The highest BCUT2D eigenvalue weighted by Crippen LogP contribution is 2.58. The molecule has 0 aliphatic carbocycles. The van der Waals surface area contributed by atoms with Gasteiger partial charge in [-0.05, 0) is 49.1 Å². The molecule has 0 fully saturated rings. The van der Waals surface area contributed by atoms with Gasteiger partial charge in [0.25, 0.3) is 5.69 Å². The van der Waals surface area contributed by atoms with Gasteiger partial charge in [0.2, 0.25) is 0 Å². The second-order valence-electron chi connectivity index (χ2n) is 4.61. The van der Waals surface area contributed by atoms with Crippen LogP contribution < -0.4 is 10.4 Å². The van der Waals surface area contributed by atoms with Crippen molar-refractivity contribution in [3.05, 3.63) is 34.4 Å². The predicted octanol–water partition coefficient (Wildman–Crippen LogP) is 4.56. The van der Waals surface area contributed by atoms with Gasteiger partial charge >= 0.3 is 6.72 Å². The van der Waals surface area contributed by atoms with Crippen molar-refractivity contribution in [3.63, 3.8) is 0 Å². The maximum absolute atomic E-state index is 12.7. The van der Waals surface area contributed by atoms with E-state index < -0.39 is 11.6 Å². The highest BCUT2D eigenvalue weighted by molar-refractivity contribution is 8.56. The van der Waals surface area contributed by atoms with Crippen LogP contribution in [0.4, 0.5) is 11.4 Å². The third kappa shape index (κ3) is 6.87. The number of hydrogen-bond donors (Lipinski definition) is 2. The van der Waals surface area contributed by atoms with Crippen LogP contribution >= 0.6 is 30.3 Å². The van der Waals surface area contributed by atoms with Gasteiger partial charge < -0.3 is 9.84 Å². The maximum atomic E-state index is 12.7. The number of rotatable bonds is 8. The molecular weight excluding hydrogens is 357 g/mol. The molecule has 0 amide bonds. The molecule has 0 heterocycles. The Bertz CT molecular complexity index is 597. The van der Waals surface area contributed by atoms with E-state index in [0.717, 1.165) is 6.42 Å². The summed E-state index contributed by atoms with van der Waals surface area (Å²) < 4.78 is 18.1. The summed E-state index contributed by atoms with van der Waals surface area (Å²) in [4.78, 5) is 10.1. The molecule has 2 unspecified atom stereocenters. The van der Waals surface area contributed by atoms with E-state index in [0.29, 0.717) is 12.3 Å². The van der Waals surface area contributed by atoms with Gasteiger partial charge in [-0.25, -0.2) is 0 Å². The van der Waals surface area contributed by atoms with Crippen molar-refractivity contribution < 1.29 is 14.0 Å². The van der Waals surface area contributed by atoms with E-state index in [4.69, 9.17) is 16.7 Å². The van der Waals surface area contributed by atoms with Crippen LogP contribution in [0, 0.1) is 10.1 Å². The zero-order valence-electron chi connectivity index (χ0n) is 13.1. The summed E-state index contributed by atoms with van der Waals surface area (Å²) >= 11 is 6.37. The average molecular weight is 377 g/mol. The monoisotopic (exact) mass is 377 g/mol. The molecule has 23 heavy (non-hydrogen) atoms. The smallest absolute Gasteiger partial charge is 0.332 e. The molecule has 0 aliphatic rings. The Hall–Kier alpha value is -1.15. The summed E-state index contributed by atoms with van der Waals surface area (Å²) in [6.45, 7) is 2.87. The van der Waals surface area contributed by atoms with Crippen LogP contribution in [-0.4, -0.2) is 21.9 Å². The van der Waals surface area contributed by atoms with E-state index in [1.54, 1.807) is 6.92 Å². The summed E-state index contributed by atoms with van der Waals surface area (Å²) in [5.41, 5.74) is 0.548. The predicted molar refractivity (Wildman–Crippen MR) is 99.0 cm³/mol. The van der Waals surface area contributed by atoms with E-state index in [-0.39, 0.29) is 16.0 Å². The molecule has 0 spiro atoms. The Balaban J connectivity index is 2.71. The molecule has 0 bridgehead atoms. The maximum Gasteiger partial charge on any atom is 0.353 e. The van der Waals surface area contributed by atoms with E-state index in [2.05, 4.69) is 10.4 Å². The molecular formula is C13H20N3O4PS2. The second kappa shape index (κ2) is 9.22. The largest absolute Gasteiger partial charge is 0.353 e. The van der Waals surface area contributed by atoms with Crippen LogP contribution in [0.25, 0.3) is 0 Å². The van der Waals surface area contributed by atoms with Crippen LogP contribution in [0.1, 0.15) is 27.2 Å². The van der Waals surface area contributed by atoms with Gasteiger partial charge in [-0.2, -0.15) is 0 Å². The van der Waals surface area contributed by atoms with Crippen LogP contribution in [-0.2, 0) is 9.09 Å². The standard InChI is InChI=1S/C13H20N3O4PS2/c1-4-10(3)23-21(19,20-5-2)15-13(22)14-11-6-8-12(9-7-11)16(17)18/h6-10H,4-5H2,1-3H3,(H2,14,15,19,22). The lowest BCUT2D eigenvalue weighted by atomic mass is 10.3. The minimum atomic E-state index is -3.16. The van der Waals surface area contributed by atoms with Gasteiger partial charge in [0.15, 0.2) is 5.11 Å². The van der Waals surface area contributed by atoms with Crippen molar-refractivity contribution in [1.82, 2.24) is 5.09 Å². The number of nitro benzene ring substituents is 1.